The van der Waals surface area contributed by atoms with Crippen molar-refractivity contribution in [2.75, 3.05) is 27.9 Å². The monoisotopic (exact) mass is 398 g/mol. The van der Waals surface area contributed by atoms with Crippen LogP contribution in [0.5, 0.6) is 11.5 Å². The SMILES string of the molecule is COc1ccc(C[C@]2(C)NC(=O)N(C[NH+](C)Cc3ccccc3)C2=O)cc1OC. The molecule has 1 fully saturated rings. The highest BCUT2D eigenvalue weighted by molar-refractivity contribution is 6.06. The predicted octanol–water partition coefficient (Wildman–Crippen LogP) is 1.23. The number of urea groups is 1. The molecular formula is C22H28N3O4+. The van der Waals surface area contributed by atoms with Crippen molar-refractivity contribution in [1.82, 2.24) is 10.2 Å². The molecule has 7 heteroatoms. The van der Waals surface area contributed by atoms with Crippen LogP contribution in [0.2, 0.25) is 0 Å². The molecule has 0 bridgehead atoms. The number of nitrogens with one attached hydrogen (secondary N) is 2. The van der Waals surface area contributed by atoms with E-state index in [1.54, 1.807) is 27.2 Å². The van der Waals surface area contributed by atoms with Gasteiger partial charge in [0.25, 0.3) is 5.91 Å². The van der Waals surface area contributed by atoms with Gasteiger partial charge in [-0.3, -0.25) is 4.79 Å². The summed E-state index contributed by atoms with van der Waals surface area (Å²) in [4.78, 5) is 28.0. The van der Waals surface area contributed by atoms with Gasteiger partial charge < -0.3 is 19.7 Å². The molecule has 0 spiro atoms. The number of rotatable bonds is 8. The number of nitrogens with zero attached hydrogens (tertiary/aromatic N) is 1. The minimum absolute atomic E-state index is 0.218. The maximum absolute atomic E-state index is 13.1. The van der Waals surface area contributed by atoms with Gasteiger partial charge in [-0.05, 0) is 24.6 Å². The topological polar surface area (TPSA) is 72.3 Å². The molecule has 3 amide bonds. The Morgan fingerprint density at radius 1 is 1.00 bits per heavy atom. The fraction of sp³-hybridized carbons (Fsp3) is 0.364. The number of carbonyl (C=O) groups excluding carboxylic acids is 2. The third-order valence-electron chi connectivity index (χ3n) is 5.13. The molecule has 2 atom stereocenters. The number of benzene rings is 2. The van der Waals surface area contributed by atoms with E-state index in [-0.39, 0.29) is 11.9 Å². The minimum Gasteiger partial charge on any atom is -0.493 e. The molecule has 7 nitrogen and oxygen atoms in total. The van der Waals surface area contributed by atoms with Gasteiger partial charge in [-0.15, -0.1) is 0 Å². The van der Waals surface area contributed by atoms with Gasteiger partial charge >= 0.3 is 6.03 Å². The van der Waals surface area contributed by atoms with Crippen LogP contribution in [0.1, 0.15) is 18.1 Å². The van der Waals surface area contributed by atoms with Crippen LogP contribution in [-0.4, -0.2) is 50.3 Å². The summed E-state index contributed by atoms with van der Waals surface area (Å²) in [6.07, 6.45) is 0.367. The molecular weight excluding hydrogens is 370 g/mol. The number of hydrogen-bond acceptors (Lipinski definition) is 4. The van der Waals surface area contributed by atoms with E-state index < -0.39 is 5.54 Å². The van der Waals surface area contributed by atoms with Gasteiger partial charge in [0.15, 0.2) is 18.2 Å². The number of ether oxygens (including phenoxy) is 2. The number of carbonyl (C=O) groups is 2. The van der Waals surface area contributed by atoms with E-state index >= 15 is 0 Å². The third kappa shape index (κ3) is 4.51. The lowest BCUT2D eigenvalue weighted by Gasteiger charge is -2.23. The fourth-order valence-electron chi connectivity index (χ4n) is 3.68. The van der Waals surface area contributed by atoms with Gasteiger partial charge in [0.2, 0.25) is 0 Å². The predicted molar refractivity (Wildman–Crippen MR) is 109 cm³/mol. The van der Waals surface area contributed by atoms with Crippen molar-refractivity contribution in [3.63, 3.8) is 0 Å². The first-order valence-electron chi connectivity index (χ1n) is 9.56. The van der Waals surface area contributed by atoms with Crippen molar-refractivity contribution >= 4 is 11.9 Å². The second-order valence-corrected chi connectivity index (χ2v) is 7.64. The van der Waals surface area contributed by atoms with E-state index in [2.05, 4.69) is 5.32 Å². The molecule has 0 radical (unpaired) electrons. The van der Waals surface area contributed by atoms with Crippen LogP contribution in [0.25, 0.3) is 0 Å². The Balaban J connectivity index is 1.70. The molecule has 0 aliphatic carbocycles. The lowest BCUT2D eigenvalue weighted by molar-refractivity contribution is -0.901. The summed E-state index contributed by atoms with van der Waals surface area (Å²) in [7, 11) is 5.11. The lowest BCUT2D eigenvalue weighted by atomic mass is 9.92. The van der Waals surface area contributed by atoms with Crippen LogP contribution < -0.4 is 19.7 Å². The molecule has 29 heavy (non-hydrogen) atoms. The molecule has 1 heterocycles. The van der Waals surface area contributed by atoms with Crippen LogP contribution >= 0.6 is 0 Å². The zero-order valence-electron chi connectivity index (χ0n) is 17.3. The first kappa shape index (κ1) is 20.7. The number of imide groups is 1. The molecule has 2 aromatic carbocycles. The Hall–Kier alpha value is -3.06. The highest BCUT2D eigenvalue weighted by Crippen LogP contribution is 2.30. The largest absolute Gasteiger partial charge is 0.493 e. The fourth-order valence-corrected chi connectivity index (χ4v) is 3.68. The first-order valence-corrected chi connectivity index (χ1v) is 9.56. The summed E-state index contributed by atoms with van der Waals surface area (Å²) in [5, 5.41) is 2.87. The van der Waals surface area contributed by atoms with Crippen LogP contribution in [0.4, 0.5) is 4.79 Å². The highest BCUT2D eigenvalue weighted by Gasteiger charge is 2.48. The van der Waals surface area contributed by atoms with Crippen LogP contribution in [0.3, 0.4) is 0 Å². The van der Waals surface area contributed by atoms with Crippen LogP contribution in [0, 0.1) is 0 Å². The maximum atomic E-state index is 13.1. The van der Waals surface area contributed by atoms with Crippen molar-refractivity contribution in [2.45, 2.75) is 25.4 Å². The zero-order chi connectivity index (χ0) is 21.0. The smallest absolute Gasteiger partial charge is 0.329 e. The van der Waals surface area contributed by atoms with E-state index in [0.717, 1.165) is 22.6 Å². The standard InChI is InChI=1S/C22H27N3O4/c1-22(13-17-10-11-18(28-3)19(12-17)29-4)20(26)25(21(27)23-22)15-24(2)14-16-8-6-5-7-9-16/h5-12H,13-15H2,1-4H3,(H,23,27)/p+1/t22-/m0/s1. The third-order valence-corrected chi connectivity index (χ3v) is 5.13. The number of quaternary nitrogens is 1. The van der Waals surface area contributed by atoms with Gasteiger partial charge in [0.05, 0.1) is 21.3 Å². The minimum atomic E-state index is -0.996. The molecule has 0 saturated carbocycles. The van der Waals surface area contributed by atoms with E-state index in [1.807, 2.05) is 49.5 Å². The Morgan fingerprint density at radius 3 is 2.34 bits per heavy atom. The molecule has 1 saturated heterocycles. The Kier molecular flexibility index (Phi) is 6.08. The molecule has 2 aromatic rings. The average molecular weight is 398 g/mol. The van der Waals surface area contributed by atoms with Crippen LogP contribution in [-0.2, 0) is 17.8 Å². The molecule has 1 aliphatic heterocycles. The van der Waals surface area contributed by atoms with Crippen molar-refractivity contribution in [3.8, 4) is 11.5 Å². The molecule has 0 aromatic heterocycles. The van der Waals surface area contributed by atoms with Crippen molar-refractivity contribution < 1.29 is 24.0 Å². The van der Waals surface area contributed by atoms with Gasteiger partial charge in [0.1, 0.15) is 12.1 Å². The molecule has 1 aliphatic rings. The van der Waals surface area contributed by atoms with Gasteiger partial charge in [-0.25, -0.2) is 9.69 Å². The van der Waals surface area contributed by atoms with Gasteiger partial charge in [-0.2, -0.15) is 0 Å². The van der Waals surface area contributed by atoms with Crippen molar-refractivity contribution in [2.24, 2.45) is 0 Å². The maximum Gasteiger partial charge on any atom is 0.329 e. The summed E-state index contributed by atoms with van der Waals surface area (Å²) in [6, 6.07) is 15.2. The number of hydrogen-bond donors (Lipinski definition) is 2. The normalized spacial score (nSPS) is 19.8. The second kappa shape index (κ2) is 8.53. The zero-order valence-corrected chi connectivity index (χ0v) is 17.3. The number of methoxy groups -OCH3 is 2. The quantitative estimate of drug-likeness (QED) is 0.656. The highest BCUT2D eigenvalue weighted by atomic mass is 16.5. The van der Waals surface area contributed by atoms with E-state index in [0.29, 0.717) is 24.6 Å². The first-order chi connectivity index (χ1) is 13.9. The van der Waals surface area contributed by atoms with Crippen molar-refractivity contribution in [3.05, 3.63) is 59.7 Å². The van der Waals surface area contributed by atoms with Crippen molar-refractivity contribution in [1.29, 1.82) is 0 Å². The average Bonchev–Trinajstić information content (AvgIpc) is 2.91. The van der Waals surface area contributed by atoms with Gasteiger partial charge in [-0.1, -0.05) is 36.4 Å². The van der Waals surface area contributed by atoms with Gasteiger partial charge in [0, 0.05) is 12.0 Å². The second-order valence-electron chi connectivity index (χ2n) is 7.64. The lowest BCUT2D eigenvalue weighted by Crippen LogP contribution is -3.09. The van der Waals surface area contributed by atoms with Crippen LogP contribution in [0.15, 0.2) is 48.5 Å². The van der Waals surface area contributed by atoms with E-state index in [9.17, 15) is 9.59 Å². The summed E-state index contributed by atoms with van der Waals surface area (Å²) in [5.41, 5.74) is 1.04. The molecule has 2 N–H and O–H groups in total. The molecule has 3 rings (SSSR count). The Bertz CT molecular complexity index is 887. The number of amides is 3. The summed E-state index contributed by atoms with van der Waals surface area (Å²) in [6.45, 7) is 2.79. The Labute approximate surface area is 171 Å². The molecule has 154 valence electrons. The summed E-state index contributed by atoms with van der Waals surface area (Å²) in [5.74, 6) is 0.995. The Morgan fingerprint density at radius 2 is 1.69 bits per heavy atom. The summed E-state index contributed by atoms with van der Waals surface area (Å²) < 4.78 is 10.6. The van der Waals surface area contributed by atoms with E-state index in [1.165, 1.54) is 4.90 Å². The molecule has 1 unspecified atom stereocenters. The van der Waals surface area contributed by atoms with E-state index in [4.69, 9.17) is 9.47 Å². The summed E-state index contributed by atoms with van der Waals surface area (Å²) >= 11 is 0.